The molecule has 5 N–H and O–H groups in total. The highest BCUT2D eigenvalue weighted by molar-refractivity contribution is 8.00. The van der Waals surface area contributed by atoms with Gasteiger partial charge in [-0.25, -0.2) is 0 Å². The standard InChI is InChI=1S/C15H20N4O4S/c16-9-15(5-1-2-6-15)18-13(20)8-24-12-4-3-10(14(17)21)7-11(12)19(22)23/h3-4,7H,1-2,5-6,8-9,16H2,(H2,17,21)(H,18,20). The maximum Gasteiger partial charge on any atom is 0.283 e. The summed E-state index contributed by atoms with van der Waals surface area (Å²) >= 11 is 1.05. The smallest absolute Gasteiger partial charge is 0.283 e. The summed E-state index contributed by atoms with van der Waals surface area (Å²) in [6.07, 6.45) is 3.77. The summed E-state index contributed by atoms with van der Waals surface area (Å²) < 4.78 is 0. The van der Waals surface area contributed by atoms with E-state index < -0.39 is 10.8 Å². The first-order valence-corrected chi connectivity index (χ1v) is 8.57. The van der Waals surface area contributed by atoms with E-state index in [1.807, 2.05) is 0 Å². The summed E-state index contributed by atoms with van der Waals surface area (Å²) in [4.78, 5) is 34.2. The number of rotatable bonds is 7. The van der Waals surface area contributed by atoms with E-state index in [2.05, 4.69) is 5.32 Å². The normalized spacial score (nSPS) is 15.9. The van der Waals surface area contributed by atoms with Crippen LogP contribution >= 0.6 is 11.8 Å². The molecule has 130 valence electrons. The van der Waals surface area contributed by atoms with Gasteiger partial charge in [-0.2, -0.15) is 0 Å². The van der Waals surface area contributed by atoms with E-state index in [9.17, 15) is 19.7 Å². The van der Waals surface area contributed by atoms with E-state index in [1.54, 1.807) is 0 Å². The molecule has 0 unspecified atom stereocenters. The molecule has 0 bridgehead atoms. The minimum Gasteiger partial charge on any atom is -0.366 e. The van der Waals surface area contributed by atoms with Crippen LogP contribution in [0.1, 0.15) is 36.0 Å². The van der Waals surface area contributed by atoms with Gasteiger partial charge in [-0.15, -0.1) is 11.8 Å². The van der Waals surface area contributed by atoms with Crippen molar-refractivity contribution in [1.29, 1.82) is 0 Å². The third-order valence-electron chi connectivity index (χ3n) is 4.15. The van der Waals surface area contributed by atoms with Crippen molar-refractivity contribution in [3.63, 3.8) is 0 Å². The van der Waals surface area contributed by atoms with Crippen LogP contribution in [0.2, 0.25) is 0 Å². The lowest BCUT2D eigenvalue weighted by Gasteiger charge is -2.28. The second kappa shape index (κ2) is 7.63. The highest BCUT2D eigenvalue weighted by Gasteiger charge is 2.33. The molecule has 0 radical (unpaired) electrons. The fourth-order valence-electron chi connectivity index (χ4n) is 2.84. The minimum atomic E-state index is -0.737. The average Bonchev–Trinajstić information content (AvgIpc) is 3.01. The summed E-state index contributed by atoms with van der Waals surface area (Å²) in [7, 11) is 0. The molecule has 8 nitrogen and oxygen atoms in total. The van der Waals surface area contributed by atoms with Gasteiger partial charge in [0.05, 0.1) is 21.1 Å². The predicted octanol–water partition coefficient (Wildman–Crippen LogP) is 1.17. The highest BCUT2D eigenvalue weighted by Crippen LogP contribution is 2.31. The molecule has 2 amide bonds. The van der Waals surface area contributed by atoms with Gasteiger partial charge in [-0.05, 0) is 25.0 Å². The van der Waals surface area contributed by atoms with Crippen LogP contribution in [0.5, 0.6) is 0 Å². The Balaban J connectivity index is 2.04. The Labute approximate surface area is 143 Å². The fourth-order valence-corrected chi connectivity index (χ4v) is 3.65. The van der Waals surface area contributed by atoms with Crippen LogP contribution in [0.25, 0.3) is 0 Å². The SMILES string of the molecule is NCC1(NC(=O)CSc2ccc(C(N)=O)cc2[N+](=O)[O-])CCCC1. The number of benzene rings is 1. The van der Waals surface area contributed by atoms with Gasteiger partial charge in [0.2, 0.25) is 11.8 Å². The molecule has 0 aliphatic heterocycles. The number of amides is 2. The van der Waals surface area contributed by atoms with Gasteiger partial charge >= 0.3 is 0 Å². The van der Waals surface area contributed by atoms with E-state index >= 15 is 0 Å². The average molecular weight is 352 g/mol. The molecule has 1 aliphatic carbocycles. The van der Waals surface area contributed by atoms with Gasteiger partial charge in [-0.1, -0.05) is 12.8 Å². The number of carbonyl (C=O) groups is 2. The van der Waals surface area contributed by atoms with Crippen molar-refractivity contribution in [3.8, 4) is 0 Å². The molecule has 1 aromatic carbocycles. The lowest BCUT2D eigenvalue weighted by Crippen LogP contribution is -2.52. The fraction of sp³-hybridized carbons (Fsp3) is 0.467. The first kappa shape index (κ1) is 18.2. The van der Waals surface area contributed by atoms with Gasteiger partial charge in [0.25, 0.3) is 5.69 Å². The second-order valence-electron chi connectivity index (χ2n) is 5.83. The zero-order valence-electron chi connectivity index (χ0n) is 13.1. The molecule has 0 saturated heterocycles. The molecule has 9 heteroatoms. The third-order valence-corrected chi connectivity index (χ3v) is 5.22. The van der Waals surface area contributed by atoms with E-state index in [1.165, 1.54) is 12.1 Å². The molecule has 1 aromatic rings. The number of nitro benzene ring substituents is 1. The summed E-state index contributed by atoms with van der Waals surface area (Å²) in [6.45, 7) is 0.386. The van der Waals surface area contributed by atoms with Crippen LogP contribution in [0.4, 0.5) is 5.69 Å². The number of thioether (sulfide) groups is 1. The number of primary amides is 1. The maximum atomic E-state index is 12.2. The third kappa shape index (κ3) is 4.24. The minimum absolute atomic E-state index is 0.0402. The van der Waals surface area contributed by atoms with Crippen LogP contribution in [-0.4, -0.2) is 34.6 Å². The van der Waals surface area contributed by atoms with Crippen molar-refractivity contribution in [2.45, 2.75) is 36.1 Å². The highest BCUT2D eigenvalue weighted by atomic mass is 32.2. The van der Waals surface area contributed by atoms with Gasteiger partial charge in [0.1, 0.15) is 0 Å². The lowest BCUT2D eigenvalue weighted by atomic mass is 9.98. The van der Waals surface area contributed by atoms with E-state index in [0.29, 0.717) is 11.4 Å². The number of nitrogens with zero attached hydrogens (tertiary/aromatic N) is 1. The van der Waals surface area contributed by atoms with Crippen molar-refractivity contribution in [2.75, 3.05) is 12.3 Å². The summed E-state index contributed by atoms with van der Waals surface area (Å²) in [5.41, 5.74) is 10.4. The number of nitrogens with two attached hydrogens (primary N) is 2. The topological polar surface area (TPSA) is 141 Å². The van der Waals surface area contributed by atoms with Crippen LogP contribution in [0.15, 0.2) is 23.1 Å². The van der Waals surface area contributed by atoms with Gasteiger partial charge < -0.3 is 16.8 Å². The van der Waals surface area contributed by atoms with Gasteiger partial charge in [0.15, 0.2) is 0 Å². The zero-order valence-corrected chi connectivity index (χ0v) is 13.9. The Morgan fingerprint density at radius 1 is 1.33 bits per heavy atom. The molecule has 0 aromatic heterocycles. The van der Waals surface area contributed by atoms with Crippen LogP contribution in [-0.2, 0) is 4.79 Å². The number of hydrogen-bond acceptors (Lipinski definition) is 6. The van der Waals surface area contributed by atoms with E-state index in [0.717, 1.165) is 43.5 Å². The Kier molecular flexibility index (Phi) is 5.79. The molecular formula is C15H20N4O4S. The summed E-state index contributed by atoms with van der Waals surface area (Å²) in [6, 6.07) is 3.97. The molecular weight excluding hydrogens is 332 g/mol. The first-order chi connectivity index (χ1) is 11.4. The van der Waals surface area contributed by atoms with Crippen molar-refractivity contribution >= 4 is 29.3 Å². The summed E-state index contributed by atoms with van der Waals surface area (Å²) in [5.74, 6) is -0.905. The van der Waals surface area contributed by atoms with E-state index in [-0.39, 0.29) is 28.4 Å². The van der Waals surface area contributed by atoms with E-state index in [4.69, 9.17) is 11.5 Å². The Morgan fingerprint density at radius 2 is 2.00 bits per heavy atom. The van der Waals surface area contributed by atoms with Crippen molar-refractivity contribution in [2.24, 2.45) is 11.5 Å². The monoisotopic (exact) mass is 352 g/mol. The largest absolute Gasteiger partial charge is 0.366 e. The number of carbonyl (C=O) groups excluding carboxylic acids is 2. The van der Waals surface area contributed by atoms with Crippen LogP contribution < -0.4 is 16.8 Å². The molecule has 0 spiro atoms. The van der Waals surface area contributed by atoms with Crippen LogP contribution in [0.3, 0.4) is 0 Å². The van der Waals surface area contributed by atoms with Gasteiger partial charge in [-0.3, -0.25) is 19.7 Å². The Morgan fingerprint density at radius 3 is 2.54 bits per heavy atom. The molecule has 1 saturated carbocycles. The predicted molar refractivity (Wildman–Crippen MR) is 90.7 cm³/mol. The molecule has 0 heterocycles. The molecule has 2 rings (SSSR count). The number of hydrogen-bond donors (Lipinski definition) is 3. The quantitative estimate of drug-likeness (QED) is 0.382. The zero-order chi connectivity index (χ0) is 17.7. The molecule has 1 aliphatic rings. The second-order valence-corrected chi connectivity index (χ2v) is 6.85. The van der Waals surface area contributed by atoms with Crippen LogP contribution in [0, 0.1) is 10.1 Å². The molecule has 24 heavy (non-hydrogen) atoms. The molecule has 0 atom stereocenters. The van der Waals surface area contributed by atoms with Gasteiger partial charge in [0, 0.05) is 18.2 Å². The number of nitro groups is 1. The van der Waals surface area contributed by atoms with Crippen molar-refractivity contribution in [1.82, 2.24) is 5.32 Å². The maximum absolute atomic E-state index is 12.2. The molecule has 1 fully saturated rings. The number of nitrogens with one attached hydrogen (secondary N) is 1. The Hall–Kier alpha value is -2.13. The van der Waals surface area contributed by atoms with Crippen molar-refractivity contribution < 1.29 is 14.5 Å². The summed E-state index contributed by atoms with van der Waals surface area (Å²) in [5, 5.41) is 14.1. The van der Waals surface area contributed by atoms with Crippen molar-refractivity contribution in [3.05, 3.63) is 33.9 Å². The first-order valence-electron chi connectivity index (χ1n) is 7.59. The Bertz CT molecular complexity index is 659. The lowest BCUT2D eigenvalue weighted by molar-refractivity contribution is -0.387.